The molecule has 0 aromatic heterocycles. The summed E-state index contributed by atoms with van der Waals surface area (Å²) in [6.45, 7) is 10.1. The lowest BCUT2D eigenvalue weighted by atomic mass is 9.77. The number of hydrogen-bond donors (Lipinski definition) is 0. The van der Waals surface area contributed by atoms with E-state index in [9.17, 15) is 9.59 Å². The van der Waals surface area contributed by atoms with E-state index in [-0.39, 0.29) is 17.4 Å². The molecule has 0 amide bonds. The van der Waals surface area contributed by atoms with Crippen LogP contribution in [0.5, 0.6) is 5.75 Å². The second kappa shape index (κ2) is 12.9. The van der Waals surface area contributed by atoms with E-state index in [1.54, 1.807) is 18.2 Å². The lowest BCUT2D eigenvalue weighted by Gasteiger charge is -2.28. The van der Waals surface area contributed by atoms with Gasteiger partial charge in [0.2, 0.25) is 0 Å². The average molecular weight is 497 g/mol. The lowest BCUT2D eigenvalue weighted by Crippen LogP contribution is -2.20. The van der Waals surface area contributed by atoms with Gasteiger partial charge in [-0.15, -0.1) is 0 Å². The molecule has 0 heterocycles. The van der Waals surface area contributed by atoms with Gasteiger partial charge in [0.15, 0.2) is 0 Å². The zero-order valence-electron chi connectivity index (χ0n) is 22.4. The minimum atomic E-state index is -0.372. The van der Waals surface area contributed by atoms with E-state index in [0.29, 0.717) is 29.1 Å². The second-order valence-electron chi connectivity index (χ2n) is 9.55. The molecule has 4 heteroatoms. The van der Waals surface area contributed by atoms with Gasteiger partial charge in [-0.25, -0.2) is 9.59 Å². The number of aryl methyl sites for hydroxylation is 1. The largest absolute Gasteiger partial charge is 0.427 e. The Labute approximate surface area is 220 Å². The summed E-state index contributed by atoms with van der Waals surface area (Å²) < 4.78 is 11.3. The van der Waals surface area contributed by atoms with E-state index in [2.05, 4.69) is 26.0 Å². The molecular weight excluding hydrogens is 460 g/mol. The maximum absolute atomic E-state index is 12.6. The molecule has 2 aromatic carbocycles. The van der Waals surface area contributed by atoms with E-state index >= 15 is 0 Å². The topological polar surface area (TPSA) is 52.6 Å². The number of benzene rings is 2. The summed E-state index contributed by atoms with van der Waals surface area (Å²) in [5.41, 5.74) is 3.93. The number of rotatable bonds is 8. The summed E-state index contributed by atoms with van der Waals surface area (Å²) in [6, 6.07) is 15.0. The minimum absolute atomic E-state index is 0.323. The molecule has 1 aliphatic carbocycles. The van der Waals surface area contributed by atoms with Crippen molar-refractivity contribution in [3.05, 3.63) is 125 Å². The van der Waals surface area contributed by atoms with Crippen molar-refractivity contribution in [2.75, 3.05) is 0 Å². The molecule has 0 saturated heterocycles. The van der Waals surface area contributed by atoms with E-state index in [0.717, 1.165) is 29.5 Å². The summed E-state index contributed by atoms with van der Waals surface area (Å²) >= 11 is 0. The van der Waals surface area contributed by atoms with Crippen molar-refractivity contribution in [2.45, 2.75) is 59.3 Å². The van der Waals surface area contributed by atoms with Gasteiger partial charge in [-0.1, -0.05) is 87.1 Å². The number of carbonyl (C=O) groups excluding carboxylic acids is 2. The molecule has 0 radical (unpaired) electrons. The molecule has 4 nitrogen and oxygen atoms in total. The summed E-state index contributed by atoms with van der Waals surface area (Å²) in [7, 11) is 0. The fourth-order valence-electron chi connectivity index (χ4n) is 4.01. The molecule has 192 valence electrons. The van der Waals surface area contributed by atoms with Gasteiger partial charge in [-0.3, -0.25) is 0 Å². The van der Waals surface area contributed by atoms with Crippen LogP contribution in [0.3, 0.4) is 0 Å². The Balaban J connectivity index is 1.76. The summed E-state index contributed by atoms with van der Waals surface area (Å²) in [5, 5.41) is 0. The number of ether oxygens (including phenoxy) is 2. The van der Waals surface area contributed by atoms with Crippen LogP contribution in [0.1, 0.15) is 68.4 Å². The van der Waals surface area contributed by atoms with Crippen LogP contribution in [-0.4, -0.2) is 11.9 Å². The van der Waals surface area contributed by atoms with Gasteiger partial charge in [-0.2, -0.15) is 0 Å². The Kier molecular flexibility index (Phi) is 9.62. The first kappa shape index (κ1) is 27.7. The number of carbonyl (C=O) groups is 2. The van der Waals surface area contributed by atoms with Crippen molar-refractivity contribution in [1.29, 1.82) is 0 Å². The Hall–Kier alpha value is -3.92. The Morgan fingerprint density at radius 2 is 1.78 bits per heavy atom. The predicted octanol–water partition coefficient (Wildman–Crippen LogP) is 8.11. The van der Waals surface area contributed by atoms with Crippen molar-refractivity contribution in [2.24, 2.45) is 0 Å². The van der Waals surface area contributed by atoms with Crippen molar-refractivity contribution >= 4 is 11.9 Å². The number of allylic oxidation sites excluding steroid dienone is 8. The van der Waals surface area contributed by atoms with Crippen LogP contribution >= 0.6 is 0 Å². The van der Waals surface area contributed by atoms with Crippen molar-refractivity contribution in [3.8, 4) is 5.75 Å². The molecule has 0 bridgehead atoms. The van der Waals surface area contributed by atoms with Crippen LogP contribution in [0.4, 0.5) is 0 Å². The summed E-state index contributed by atoms with van der Waals surface area (Å²) in [6.07, 6.45) is 15.9. The third-order valence-electron chi connectivity index (χ3n) is 6.37. The van der Waals surface area contributed by atoms with Crippen LogP contribution in [0.2, 0.25) is 0 Å². The Morgan fingerprint density at radius 3 is 2.46 bits per heavy atom. The van der Waals surface area contributed by atoms with E-state index < -0.39 is 0 Å². The van der Waals surface area contributed by atoms with Gasteiger partial charge < -0.3 is 9.47 Å². The zero-order valence-corrected chi connectivity index (χ0v) is 22.4. The third kappa shape index (κ3) is 7.53. The first-order valence-electron chi connectivity index (χ1n) is 12.8. The van der Waals surface area contributed by atoms with Crippen LogP contribution in [0, 0.1) is 6.92 Å². The highest BCUT2D eigenvalue weighted by Crippen LogP contribution is 2.34. The molecule has 0 aliphatic heterocycles. The van der Waals surface area contributed by atoms with E-state index in [1.165, 1.54) is 0 Å². The molecule has 3 rings (SSSR count). The third-order valence-corrected chi connectivity index (χ3v) is 6.37. The predicted molar refractivity (Wildman–Crippen MR) is 149 cm³/mol. The summed E-state index contributed by atoms with van der Waals surface area (Å²) in [5.74, 6) is 0.428. The van der Waals surface area contributed by atoms with Crippen molar-refractivity contribution in [3.63, 3.8) is 0 Å². The fourth-order valence-corrected chi connectivity index (χ4v) is 4.01. The van der Waals surface area contributed by atoms with Gasteiger partial charge in [0.1, 0.15) is 11.5 Å². The maximum atomic E-state index is 12.6. The molecular formula is C33H36O4. The molecule has 0 unspecified atom stereocenters. The molecule has 0 fully saturated rings. The molecule has 0 saturated carbocycles. The number of esters is 2. The maximum Gasteiger partial charge on any atom is 0.343 e. The van der Waals surface area contributed by atoms with Crippen molar-refractivity contribution < 1.29 is 19.1 Å². The van der Waals surface area contributed by atoms with Gasteiger partial charge >= 0.3 is 11.9 Å². The normalized spacial score (nSPS) is 15.9. The quantitative estimate of drug-likeness (QED) is 0.160. The van der Waals surface area contributed by atoms with E-state index in [4.69, 9.17) is 9.47 Å². The minimum Gasteiger partial charge on any atom is -0.427 e. The molecule has 0 atom stereocenters. The Morgan fingerprint density at radius 1 is 1.03 bits per heavy atom. The zero-order chi connectivity index (χ0) is 26.8. The summed E-state index contributed by atoms with van der Waals surface area (Å²) in [4.78, 5) is 25.1. The standard InChI is InChI=1S/C33H36O4/c1-6-8-13-25(7-2)31(34)37-30-21-18-28(19-22-30)33(4,5)27-15-9-10-16-29(20-17-27)36-32(35)26-14-11-12-24(3)23-26/h7-9,11-15,17-23H,6,10,16H2,1-5H3/b13-8-,15-9?,25-7+,27-17?,29-20+. The molecule has 37 heavy (non-hydrogen) atoms. The van der Waals surface area contributed by atoms with Gasteiger partial charge in [-0.05, 0) is 68.2 Å². The van der Waals surface area contributed by atoms with Crippen molar-refractivity contribution in [1.82, 2.24) is 0 Å². The van der Waals surface area contributed by atoms with Gasteiger partial charge in [0.25, 0.3) is 0 Å². The smallest absolute Gasteiger partial charge is 0.343 e. The fraction of sp³-hybridized carbons (Fsp3) is 0.273. The molecule has 0 spiro atoms. The average Bonchev–Trinajstić information content (AvgIpc) is 2.86. The lowest BCUT2D eigenvalue weighted by molar-refractivity contribution is -0.129. The Bertz CT molecular complexity index is 1270. The van der Waals surface area contributed by atoms with E-state index in [1.807, 2.05) is 81.5 Å². The first-order chi connectivity index (χ1) is 17.7. The SMILES string of the molecule is C/C=C(\C=C/CC)C(=O)Oc1ccc(C(C)(C)C2=C/C=C(/OC(=O)c3cccc(C)c3)CCC=C2)cc1. The van der Waals surface area contributed by atoms with Crippen LogP contribution in [0.15, 0.2) is 108 Å². The molecule has 2 aromatic rings. The highest BCUT2D eigenvalue weighted by atomic mass is 16.5. The number of hydrogen-bond acceptors (Lipinski definition) is 4. The van der Waals surface area contributed by atoms with Crippen LogP contribution < -0.4 is 4.74 Å². The highest BCUT2D eigenvalue weighted by molar-refractivity contribution is 5.93. The first-order valence-corrected chi connectivity index (χ1v) is 12.8. The molecule has 0 N–H and O–H groups in total. The van der Waals surface area contributed by atoms with Gasteiger partial charge in [0, 0.05) is 11.8 Å². The molecule has 1 aliphatic rings. The monoisotopic (exact) mass is 496 g/mol. The van der Waals surface area contributed by atoms with Crippen LogP contribution in [-0.2, 0) is 14.9 Å². The van der Waals surface area contributed by atoms with Crippen LogP contribution in [0.25, 0.3) is 0 Å². The highest BCUT2D eigenvalue weighted by Gasteiger charge is 2.25. The second-order valence-corrected chi connectivity index (χ2v) is 9.55. The van der Waals surface area contributed by atoms with Gasteiger partial charge in [0.05, 0.1) is 11.1 Å².